The van der Waals surface area contributed by atoms with Crippen molar-refractivity contribution in [2.75, 3.05) is 0 Å². The first-order valence-corrected chi connectivity index (χ1v) is 9.76. The van der Waals surface area contributed by atoms with Gasteiger partial charge in [0.15, 0.2) is 17.4 Å². The van der Waals surface area contributed by atoms with Gasteiger partial charge < -0.3 is 9.84 Å². The van der Waals surface area contributed by atoms with E-state index in [1.807, 2.05) is 0 Å². The van der Waals surface area contributed by atoms with Gasteiger partial charge in [0.05, 0.1) is 10.6 Å². The number of rotatable bonds is 8. The van der Waals surface area contributed by atoms with E-state index >= 15 is 0 Å². The quantitative estimate of drug-likeness (QED) is 0.423. The highest BCUT2D eigenvalue weighted by Gasteiger charge is 2.21. The van der Waals surface area contributed by atoms with Gasteiger partial charge in [0.1, 0.15) is 19.1 Å². The molecule has 0 saturated heterocycles. The minimum absolute atomic E-state index is 0.0517. The molecule has 3 aromatic rings. The number of carbonyl (C=O) groups is 1. The SMILES string of the molecule is O=C(O)CCc1cc(F)c(OCc2c(-c3ccc(Cl)cc3F)nsc2CF)c(F)c1. The summed E-state index contributed by atoms with van der Waals surface area (Å²) >= 11 is 6.54. The summed E-state index contributed by atoms with van der Waals surface area (Å²) in [5.74, 6) is -4.53. The molecule has 0 amide bonds. The second-order valence-corrected chi connectivity index (χ2v) is 7.56. The van der Waals surface area contributed by atoms with E-state index in [1.165, 1.54) is 12.1 Å². The van der Waals surface area contributed by atoms with Gasteiger partial charge in [-0.15, -0.1) is 0 Å². The predicted molar refractivity (Wildman–Crippen MR) is 104 cm³/mol. The largest absolute Gasteiger partial charge is 0.483 e. The van der Waals surface area contributed by atoms with Gasteiger partial charge in [-0.05, 0) is 53.8 Å². The Morgan fingerprint density at radius 1 is 1.13 bits per heavy atom. The average Bonchev–Trinajstić information content (AvgIpc) is 3.08. The molecule has 1 N–H and O–H groups in total. The zero-order chi connectivity index (χ0) is 21.8. The Bertz CT molecular complexity index is 1070. The number of ether oxygens (including phenoxy) is 1. The van der Waals surface area contributed by atoms with E-state index in [0.717, 1.165) is 29.7 Å². The zero-order valence-electron chi connectivity index (χ0n) is 15.2. The van der Waals surface area contributed by atoms with Gasteiger partial charge in [-0.3, -0.25) is 4.79 Å². The van der Waals surface area contributed by atoms with Crippen LogP contribution in [0, 0.1) is 17.5 Å². The number of aliphatic carboxylic acids is 1. The maximum Gasteiger partial charge on any atom is 0.303 e. The van der Waals surface area contributed by atoms with E-state index in [2.05, 4.69) is 4.37 Å². The van der Waals surface area contributed by atoms with Crippen molar-refractivity contribution >= 4 is 29.1 Å². The first-order valence-electron chi connectivity index (χ1n) is 8.61. The molecule has 4 nitrogen and oxygen atoms in total. The van der Waals surface area contributed by atoms with Gasteiger partial charge in [0.2, 0.25) is 0 Å². The first-order chi connectivity index (χ1) is 14.3. The van der Waals surface area contributed by atoms with Gasteiger partial charge in [-0.25, -0.2) is 17.6 Å². The molecule has 0 saturated carbocycles. The molecule has 10 heteroatoms. The third kappa shape index (κ3) is 4.91. The molecule has 0 unspecified atom stereocenters. The van der Waals surface area contributed by atoms with E-state index in [9.17, 15) is 22.4 Å². The summed E-state index contributed by atoms with van der Waals surface area (Å²) in [6.45, 7) is -1.36. The number of aromatic nitrogens is 1. The number of halogens is 5. The van der Waals surface area contributed by atoms with Gasteiger partial charge in [0, 0.05) is 22.6 Å². The van der Waals surface area contributed by atoms with Gasteiger partial charge in [-0.1, -0.05) is 11.6 Å². The molecule has 30 heavy (non-hydrogen) atoms. The fourth-order valence-electron chi connectivity index (χ4n) is 2.78. The van der Waals surface area contributed by atoms with Crippen LogP contribution in [0.2, 0.25) is 5.02 Å². The second kappa shape index (κ2) is 9.44. The lowest BCUT2D eigenvalue weighted by Gasteiger charge is -2.11. The maximum atomic E-state index is 14.3. The summed E-state index contributed by atoms with van der Waals surface area (Å²) in [5.41, 5.74) is 0.474. The van der Waals surface area contributed by atoms with Crippen LogP contribution in [0.25, 0.3) is 11.3 Å². The van der Waals surface area contributed by atoms with Crippen LogP contribution < -0.4 is 4.74 Å². The lowest BCUT2D eigenvalue weighted by Crippen LogP contribution is -2.04. The van der Waals surface area contributed by atoms with Crippen molar-refractivity contribution < 1.29 is 32.2 Å². The van der Waals surface area contributed by atoms with Crippen LogP contribution in [0.5, 0.6) is 5.75 Å². The van der Waals surface area contributed by atoms with E-state index in [4.69, 9.17) is 21.4 Å². The van der Waals surface area contributed by atoms with Crippen molar-refractivity contribution in [3.05, 3.63) is 68.8 Å². The minimum atomic E-state index is -1.10. The molecule has 1 aromatic heterocycles. The normalized spacial score (nSPS) is 11.0. The Hall–Kier alpha value is -2.65. The molecule has 0 radical (unpaired) electrons. The van der Waals surface area contributed by atoms with Crippen LogP contribution in [0.1, 0.15) is 22.4 Å². The summed E-state index contributed by atoms with van der Waals surface area (Å²) in [7, 11) is 0. The average molecular weight is 460 g/mol. The van der Waals surface area contributed by atoms with Crippen LogP contribution in [0.4, 0.5) is 17.6 Å². The Balaban J connectivity index is 1.87. The Morgan fingerprint density at radius 2 is 1.83 bits per heavy atom. The summed E-state index contributed by atoms with van der Waals surface area (Å²) in [6, 6.07) is 5.84. The van der Waals surface area contributed by atoms with Crippen molar-refractivity contribution in [3.63, 3.8) is 0 Å². The highest BCUT2D eigenvalue weighted by molar-refractivity contribution is 7.06. The molecule has 0 spiro atoms. The van der Waals surface area contributed by atoms with Gasteiger partial charge in [-0.2, -0.15) is 4.37 Å². The summed E-state index contributed by atoms with van der Waals surface area (Å²) in [4.78, 5) is 10.8. The van der Waals surface area contributed by atoms with Crippen LogP contribution in [-0.2, 0) is 24.5 Å². The number of hydrogen-bond donors (Lipinski definition) is 1. The molecule has 0 aliphatic carbocycles. The van der Waals surface area contributed by atoms with E-state index in [-0.39, 0.29) is 45.1 Å². The molecule has 158 valence electrons. The highest BCUT2D eigenvalue weighted by Crippen LogP contribution is 2.34. The molecule has 3 rings (SSSR count). The van der Waals surface area contributed by atoms with Crippen LogP contribution in [0.3, 0.4) is 0 Å². The maximum absolute atomic E-state index is 14.3. The summed E-state index contributed by atoms with van der Waals surface area (Å²) in [5, 5.41) is 8.85. The summed E-state index contributed by atoms with van der Waals surface area (Å²) in [6.07, 6.45) is -0.334. The lowest BCUT2D eigenvalue weighted by molar-refractivity contribution is -0.136. The smallest absolute Gasteiger partial charge is 0.303 e. The molecule has 2 aromatic carbocycles. The van der Waals surface area contributed by atoms with Crippen molar-refractivity contribution in [2.24, 2.45) is 0 Å². The minimum Gasteiger partial charge on any atom is -0.483 e. The van der Waals surface area contributed by atoms with Gasteiger partial charge in [0.25, 0.3) is 0 Å². The Morgan fingerprint density at radius 3 is 2.43 bits per heavy atom. The topological polar surface area (TPSA) is 59.4 Å². The second-order valence-electron chi connectivity index (χ2n) is 6.26. The van der Waals surface area contributed by atoms with Crippen molar-refractivity contribution in [1.29, 1.82) is 0 Å². The molecule has 0 atom stereocenters. The molecule has 0 aliphatic heterocycles. The van der Waals surface area contributed by atoms with E-state index < -0.39 is 42.5 Å². The highest BCUT2D eigenvalue weighted by atomic mass is 35.5. The first kappa shape index (κ1) is 22.0. The number of carboxylic acid groups (broad SMARTS) is 1. The van der Waals surface area contributed by atoms with Crippen LogP contribution in [-0.4, -0.2) is 15.4 Å². The molecule has 0 fully saturated rings. The van der Waals surface area contributed by atoms with Crippen molar-refractivity contribution in [3.8, 4) is 17.0 Å². The summed E-state index contributed by atoms with van der Waals surface area (Å²) < 4.78 is 65.6. The van der Waals surface area contributed by atoms with Crippen molar-refractivity contribution in [1.82, 2.24) is 4.37 Å². The number of alkyl halides is 1. The Labute approximate surface area is 177 Å². The fraction of sp³-hybridized carbons (Fsp3) is 0.200. The third-order valence-electron chi connectivity index (χ3n) is 4.22. The van der Waals surface area contributed by atoms with Crippen molar-refractivity contribution in [2.45, 2.75) is 26.1 Å². The lowest BCUT2D eigenvalue weighted by atomic mass is 10.1. The predicted octanol–water partition coefficient (Wildman–Crippen LogP) is 5.95. The fourth-order valence-corrected chi connectivity index (χ4v) is 3.66. The monoisotopic (exact) mass is 459 g/mol. The number of carboxylic acids is 1. The molecule has 0 aliphatic rings. The Kier molecular flexibility index (Phi) is 6.94. The standard InChI is InChI=1S/C20H14ClF4NO3S/c21-11-2-3-12(14(23)7-11)19-13(17(8-22)30-26-19)9-29-20-15(24)5-10(6-16(20)25)1-4-18(27)28/h2-3,5-7H,1,4,8-9H2,(H,27,28). The van der Waals surface area contributed by atoms with Crippen LogP contribution >= 0.6 is 23.1 Å². The molecular weight excluding hydrogens is 446 g/mol. The van der Waals surface area contributed by atoms with E-state index in [1.54, 1.807) is 0 Å². The molecule has 0 bridgehead atoms. The third-order valence-corrected chi connectivity index (χ3v) is 5.31. The zero-order valence-corrected chi connectivity index (χ0v) is 16.8. The number of nitrogens with zero attached hydrogens (tertiary/aromatic N) is 1. The van der Waals surface area contributed by atoms with Gasteiger partial charge >= 0.3 is 5.97 Å². The molecule has 1 heterocycles. The number of benzene rings is 2. The number of aryl methyl sites for hydroxylation is 1. The van der Waals surface area contributed by atoms with Crippen LogP contribution in [0.15, 0.2) is 30.3 Å². The number of hydrogen-bond acceptors (Lipinski definition) is 4. The van der Waals surface area contributed by atoms with E-state index in [0.29, 0.717) is 0 Å². The molecular formula is C20H14ClF4NO3S.